The van der Waals surface area contributed by atoms with E-state index in [0.717, 1.165) is 17.0 Å². The molecule has 0 aliphatic carbocycles. The Kier molecular flexibility index (Phi) is 4.63. The van der Waals surface area contributed by atoms with Crippen molar-refractivity contribution >= 4 is 11.3 Å². The molecule has 110 valence electrons. The molecule has 4 heteroatoms. The van der Waals surface area contributed by atoms with Gasteiger partial charge < -0.3 is 5.32 Å². The molecule has 0 amide bonds. The van der Waals surface area contributed by atoms with E-state index in [1.807, 2.05) is 16.9 Å². The molecule has 1 N–H and O–H groups in total. The van der Waals surface area contributed by atoms with Crippen molar-refractivity contribution in [1.29, 1.82) is 0 Å². The van der Waals surface area contributed by atoms with Gasteiger partial charge in [0.25, 0.3) is 0 Å². The topological polar surface area (TPSA) is 42.2 Å². The first-order valence-electron chi connectivity index (χ1n) is 7.67. The van der Waals surface area contributed by atoms with E-state index < -0.39 is 0 Å². The molecular formula is C16H26N4. The van der Waals surface area contributed by atoms with Gasteiger partial charge in [0.15, 0.2) is 5.82 Å². The number of fused-ring (bicyclic) bond motifs is 1. The van der Waals surface area contributed by atoms with E-state index in [2.05, 4.69) is 56.1 Å². The quantitative estimate of drug-likeness (QED) is 0.862. The van der Waals surface area contributed by atoms with Crippen LogP contribution in [0.3, 0.4) is 0 Å². The summed E-state index contributed by atoms with van der Waals surface area (Å²) in [6, 6.07) is 2.56. The van der Waals surface area contributed by atoms with Crippen LogP contribution in [0, 0.1) is 5.92 Å². The smallest absolute Gasteiger partial charge is 0.152 e. The summed E-state index contributed by atoms with van der Waals surface area (Å²) in [5.74, 6) is 2.04. The van der Waals surface area contributed by atoms with Gasteiger partial charge in [-0.1, -0.05) is 40.5 Å². The number of aromatic nitrogens is 3. The zero-order valence-electron chi connectivity index (χ0n) is 13.2. The second kappa shape index (κ2) is 6.25. The third kappa shape index (κ3) is 2.94. The average molecular weight is 274 g/mol. The van der Waals surface area contributed by atoms with Crippen LogP contribution < -0.4 is 5.32 Å². The van der Waals surface area contributed by atoms with Crippen LogP contribution in [0.4, 0.5) is 5.82 Å². The fourth-order valence-corrected chi connectivity index (χ4v) is 2.66. The molecule has 0 aliphatic rings. The molecule has 0 radical (unpaired) electrons. The Morgan fingerprint density at radius 2 is 1.90 bits per heavy atom. The fourth-order valence-electron chi connectivity index (χ4n) is 2.66. The lowest BCUT2D eigenvalue weighted by Gasteiger charge is -2.23. The number of hydrogen-bond acceptors (Lipinski definition) is 3. The van der Waals surface area contributed by atoms with Crippen LogP contribution in [-0.4, -0.2) is 20.6 Å². The molecule has 2 heterocycles. The normalized spacial score (nSPS) is 13.3. The Bertz CT molecular complexity index is 555. The number of nitrogens with zero attached hydrogens (tertiary/aromatic N) is 3. The molecule has 0 saturated carbocycles. The molecule has 1 atom stereocenters. The van der Waals surface area contributed by atoms with Gasteiger partial charge in [0.05, 0.1) is 5.69 Å². The van der Waals surface area contributed by atoms with Crippen molar-refractivity contribution in [2.45, 2.75) is 59.4 Å². The highest BCUT2D eigenvalue weighted by Crippen LogP contribution is 2.22. The van der Waals surface area contributed by atoms with Crippen molar-refractivity contribution in [1.82, 2.24) is 14.6 Å². The molecule has 0 bridgehead atoms. The Morgan fingerprint density at radius 3 is 2.50 bits per heavy atom. The molecule has 20 heavy (non-hydrogen) atoms. The maximum Gasteiger partial charge on any atom is 0.152 e. The van der Waals surface area contributed by atoms with Crippen molar-refractivity contribution in [2.24, 2.45) is 5.92 Å². The van der Waals surface area contributed by atoms with Gasteiger partial charge in [0, 0.05) is 18.4 Å². The Balaban J connectivity index is 2.30. The number of anilines is 1. The highest BCUT2D eigenvalue weighted by atomic mass is 15.2. The molecule has 2 rings (SSSR count). The van der Waals surface area contributed by atoms with E-state index >= 15 is 0 Å². The summed E-state index contributed by atoms with van der Waals surface area (Å²) >= 11 is 0. The molecule has 0 saturated heterocycles. The van der Waals surface area contributed by atoms with Crippen LogP contribution in [0.15, 0.2) is 18.5 Å². The molecule has 0 spiro atoms. The minimum absolute atomic E-state index is 0.418. The first-order valence-corrected chi connectivity index (χ1v) is 7.67. The van der Waals surface area contributed by atoms with E-state index in [-0.39, 0.29) is 0 Å². The van der Waals surface area contributed by atoms with Gasteiger partial charge in [-0.05, 0) is 24.8 Å². The van der Waals surface area contributed by atoms with E-state index in [9.17, 15) is 0 Å². The lowest BCUT2D eigenvalue weighted by molar-refractivity contribution is 0.437. The van der Waals surface area contributed by atoms with Crippen LogP contribution >= 0.6 is 0 Å². The molecule has 0 aliphatic heterocycles. The van der Waals surface area contributed by atoms with E-state index in [1.165, 1.54) is 12.8 Å². The summed E-state index contributed by atoms with van der Waals surface area (Å²) in [5, 5.41) is 8.17. The number of hydrogen-bond donors (Lipinski definition) is 1. The van der Waals surface area contributed by atoms with Gasteiger partial charge in [0.1, 0.15) is 5.52 Å². The van der Waals surface area contributed by atoms with Gasteiger partial charge in [-0.2, -0.15) is 5.10 Å². The van der Waals surface area contributed by atoms with Gasteiger partial charge >= 0.3 is 0 Å². The van der Waals surface area contributed by atoms with Gasteiger partial charge in [-0.15, -0.1) is 0 Å². The van der Waals surface area contributed by atoms with Crippen LogP contribution in [0.2, 0.25) is 0 Å². The summed E-state index contributed by atoms with van der Waals surface area (Å²) in [4.78, 5) is 4.50. The SMILES string of the molecule is CCC(CC)C(C)Nc1nccn2nc(C(C)C)cc12. The average Bonchev–Trinajstić information content (AvgIpc) is 2.85. The first-order chi connectivity index (χ1) is 9.56. The van der Waals surface area contributed by atoms with E-state index in [4.69, 9.17) is 0 Å². The van der Waals surface area contributed by atoms with Crippen LogP contribution in [0.5, 0.6) is 0 Å². The number of nitrogens with one attached hydrogen (secondary N) is 1. The van der Waals surface area contributed by atoms with Gasteiger partial charge in [-0.3, -0.25) is 0 Å². The predicted octanol–water partition coefficient (Wildman–Crippen LogP) is 4.09. The van der Waals surface area contributed by atoms with Gasteiger partial charge in [-0.25, -0.2) is 9.50 Å². The third-order valence-electron chi connectivity index (χ3n) is 4.12. The summed E-state index contributed by atoms with van der Waals surface area (Å²) in [5.41, 5.74) is 2.17. The molecular weight excluding hydrogens is 248 g/mol. The third-order valence-corrected chi connectivity index (χ3v) is 4.12. The molecule has 0 fully saturated rings. The standard InChI is InChI=1S/C16H26N4/c1-6-13(7-2)12(5)18-16-15-10-14(11(3)4)19-20(15)9-8-17-16/h8-13H,6-7H2,1-5H3,(H,17,18). The molecule has 2 aromatic heterocycles. The van der Waals surface area contributed by atoms with Crippen LogP contribution in [0.1, 0.15) is 59.1 Å². The maximum atomic E-state index is 4.60. The predicted molar refractivity (Wildman–Crippen MR) is 84.2 cm³/mol. The van der Waals surface area contributed by atoms with E-state index in [0.29, 0.717) is 17.9 Å². The highest BCUT2D eigenvalue weighted by molar-refractivity contribution is 5.68. The molecule has 2 aromatic rings. The molecule has 1 unspecified atom stereocenters. The summed E-state index contributed by atoms with van der Waals surface area (Å²) in [6.07, 6.45) is 6.09. The van der Waals surface area contributed by atoms with Crippen LogP contribution in [0.25, 0.3) is 5.52 Å². The monoisotopic (exact) mass is 274 g/mol. The molecule has 4 nitrogen and oxygen atoms in total. The fraction of sp³-hybridized carbons (Fsp3) is 0.625. The largest absolute Gasteiger partial charge is 0.366 e. The zero-order chi connectivity index (χ0) is 14.7. The van der Waals surface area contributed by atoms with Crippen molar-refractivity contribution in [3.05, 3.63) is 24.2 Å². The minimum atomic E-state index is 0.418. The van der Waals surface area contributed by atoms with Crippen molar-refractivity contribution < 1.29 is 0 Å². The second-order valence-corrected chi connectivity index (χ2v) is 5.84. The van der Waals surface area contributed by atoms with E-state index in [1.54, 1.807) is 0 Å². The first kappa shape index (κ1) is 14.8. The van der Waals surface area contributed by atoms with Crippen molar-refractivity contribution in [3.63, 3.8) is 0 Å². The molecule has 0 aromatic carbocycles. The second-order valence-electron chi connectivity index (χ2n) is 5.84. The minimum Gasteiger partial charge on any atom is -0.366 e. The Morgan fingerprint density at radius 1 is 1.20 bits per heavy atom. The highest BCUT2D eigenvalue weighted by Gasteiger charge is 2.16. The van der Waals surface area contributed by atoms with Crippen molar-refractivity contribution in [3.8, 4) is 0 Å². The zero-order valence-corrected chi connectivity index (χ0v) is 13.2. The van der Waals surface area contributed by atoms with Crippen molar-refractivity contribution in [2.75, 3.05) is 5.32 Å². The lowest BCUT2D eigenvalue weighted by atomic mass is 9.95. The van der Waals surface area contributed by atoms with Gasteiger partial charge in [0.2, 0.25) is 0 Å². The summed E-state index contributed by atoms with van der Waals surface area (Å²) in [6.45, 7) is 11.1. The Hall–Kier alpha value is -1.58. The Labute approximate surface area is 121 Å². The summed E-state index contributed by atoms with van der Waals surface area (Å²) < 4.78 is 1.92. The maximum absolute atomic E-state index is 4.60. The number of rotatable bonds is 6. The van der Waals surface area contributed by atoms with Crippen LogP contribution in [-0.2, 0) is 0 Å². The summed E-state index contributed by atoms with van der Waals surface area (Å²) in [7, 11) is 0. The lowest BCUT2D eigenvalue weighted by Crippen LogP contribution is -2.25.